The summed E-state index contributed by atoms with van der Waals surface area (Å²) in [7, 11) is 0. The van der Waals surface area contributed by atoms with E-state index in [4.69, 9.17) is 9.84 Å². The molecular formula is C20H21F2N2O4+. The van der Waals surface area contributed by atoms with Gasteiger partial charge in [0.05, 0.1) is 25.5 Å². The van der Waals surface area contributed by atoms with Crippen LogP contribution >= 0.6 is 0 Å². The third-order valence-corrected chi connectivity index (χ3v) is 4.54. The lowest BCUT2D eigenvalue weighted by Crippen LogP contribution is -2.82. The van der Waals surface area contributed by atoms with Crippen LogP contribution in [0.2, 0.25) is 0 Å². The molecule has 0 aliphatic carbocycles. The van der Waals surface area contributed by atoms with Crippen molar-refractivity contribution in [2.24, 2.45) is 0 Å². The Kier molecular flexibility index (Phi) is 6.20. The Bertz CT molecular complexity index is 858. The predicted octanol–water partition coefficient (Wildman–Crippen LogP) is 2.33. The first kappa shape index (κ1) is 19.8. The van der Waals surface area contributed by atoms with Gasteiger partial charge in [-0.2, -0.15) is 0 Å². The summed E-state index contributed by atoms with van der Waals surface area (Å²) in [5.74, 6) is -1.76. The Balaban J connectivity index is 1.70. The predicted molar refractivity (Wildman–Crippen MR) is 98.2 cm³/mol. The van der Waals surface area contributed by atoms with E-state index in [1.807, 2.05) is 17.4 Å². The zero-order valence-electron chi connectivity index (χ0n) is 15.1. The number of carbonyl (C=O) groups excluding carboxylic acids is 1. The van der Waals surface area contributed by atoms with Crippen LogP contribution in [-0.4, -0.2) is 43.0 Å². The Morgan fingerprint density at radius 3 is 2.61 bits per heavy atom. The number of nitrogens with two attached hydrogens (primary N) is 1. The van der Waals surface area contributed by atoms with Crippen LogP contribution in [0.5, 0.6) is 0 Å². The van der Waals surface area contributed by atoms with E-state index in [0.29, 0.717) is 17.5 Å². The number of hydrogen-bond acceptors (Lipinski definition) is 3. The number of carboxylic acids is 1. The van der Waals surface area contributed by atoms with E-state index in [1.165, 1.54) is 6.07 Å². The maximum atomic E-state index is 14.6. The molecule has 6 nitrogen and oxygen atoms in total. The maximum Gasteiger partial charge on any atom is 0.415 e. The molecule has 0 radical (unpaired) electrons. The molecule has 1 aliphatic rings. The standard InChI is InChI=1S/C20H20F2N2O4/c21-8-1-9-23-11-13-2-4-14(5-3-13)16-7-6-15(10-17(16)22)24-12-18(19(25)26)28-20(24)27/h2-7,10,18,23H,1,8-9,11-12H2,(H,25,26)/p+1/t18-/m1/s1. The number of halogens is 2. The number of amides is 1. The van der Waals surface area contributed by atoms with Crippen LogP contribution in [-0.2, 0) is 16.1 Å². The largest absolute Gasteiger partial charge is 0.478 e. The molecule has 1 heterocycles. The first-order chi connectivity index (χ1) is 13.5. The second kappa shape index (κ2) is 8.79. The summed E-state index contributed by atoms with van der Waals surface area (Å²) in [6.45, 7) is 0.955. The molecule has 0 spiro atoms. The number of hydrogen-bond donors (Lipinski definition) is 2. The van der Waals surface area contributed by atoms with Crippen molar-refractivity contribution in [3.05, 3.63) is 53.8 Å². The van der Waals surface area contributed by atoms with Crippen LogP contribution in [0.3, 0.4) is 0 Å². The van der Waals surface area contributed by atoms with Gasteiger partial charge in [0.2, 0.25) is 6.10 Å². The number of quaternary nitrogens is 1. The van der Waals surface area contributed by atoms with E-state index in [9.17, 15) is 18.4 Å². The van der Waals surface area contributed by atoms with Crippen LogP contribution in [0, 0.1) is 5.82 Å². The van der Waals surface area contributed by atoms with Gasteiger partial charge in [0.25, 0.3) is 0 Å². The Labute approximate surface area is 160 Å². The number of benzene rings is 2. The minimum atomic E-state index is -1.26. The first-order valence-electron chi connectivity index (χ1n) is 8.97. The second-order valence-electron chi connectivity index (χ2n) is 6.51. The zero-order valence-corrected chi connectivity index (χ0v) is 15.1. The number of rotatable bonds is 8. The lowest BCUT2D eigenvalue weighted by atomic mass is 10.0. The van der Waals surface area contributed by atoms with Crippen molar-refractivity contribution in [1.29, 1.82) is 0 Å². The lowest BCUT2D eigenvalue weighted by Gasteiger charge is -2.14. The fraction of sp³-hybridized carbons (Fsp3) is 0.300. The average Bonchev–Trinajstić information content (AvgIpc) is 3.08. The monoisotopic (exact) mass is 391 g/mol. The SMILES string of the molecule is O=C(O)[C@H]1CN(c2ccc(-c3ccc(C[NH2+]CCCF)cc3)c(F)c2)C(=O)O1. The molecule has 28 heavy (non-hydrogen) atoms. The fourth-order valence-corrected chi connectivity index (χ4v) is 3.02. The van der Waals surface area contributed by atoms with Gasteiger partial charge in [-0.15, -0.1) is 0 Å². The van der Waals surface area contributed by atoms with Crippen molar-refractivity contribution >= 4 is 17.7 Å². The van der Waals surface area contributed by atoms with Crippen LogP contribution in [0.1, 0.15) is 12.0 Å². The molecule has 3 N–H and O–H groups in total. The summed E-state index contributed by atoms with van der Waals surface area (Å²) in [5, 5.41) is 11.0. The number of anilines is 1. The molecule has 148 valence electrons. The molecule has 1 saturated heterocycles. The average molecular weight is 391 g/mol. The highest BCUT2D eigenvalue weighted by Crippen LogP contribution is 2.29. The number of aliphatic carboxylic acids is 1. The van der Waals surface area contributed by atoms with Crippen LogP contribution < -0.4 is 10.2 Å². The number of carbonyl (C=O) groups is 2. The summed E-state index contributed by atoms with van der Waals surface area (Å²) in [4.78, 5) is 23.9. The van der Waals surface area contributed by atoms with Gasteiger partial charge in [0, 0.05) is 17.5 Å². The molecule has 0 aromatic heterocycles. The zero-order chi connectivity index (χ0) is 20.1. The maximum absolute atomic E-state index is 14.6. The smallest absolute Gasteiger partial charge is 0.415 e. The lowest BCUT2D eigenvalue weighted by molar-refractivity contribution is -0.670. The molecule has 1 fully saturated rings. The van der Waals surface area contributed by atoms with Crippen molar-refractivity contribution < 1.29 is 33.5 Å². The van der Waals surface area contributed by atoms with Gasteiger partial charge in [-0.3, -0.25) is 9.29 Å². The Morgan fingerprint density at radius 1 is 1.25 bits per heavy atom. The van der Waals surface area contributed by atoms with E-state index in [0.717, 1.165) is 23.6 Å². The molecule has 0 unspecified atom stereocenters. The fourth-order valence-electron chi connectivity index (χ4n) is 3.02. The molecular weight excluding hydrogens is 370 g/mol. The Hall–Kier alpha value is -3.00. The van der Waals surface area contributed by atoms with Crippen LogP contribution in [0.4, 0.5) is 19.3 Å². The van der Waals surface area contributed by atoms with Gasteiger partial charge >= 0.3 is 12.1 Å². The van der Waals surface area contributed by atoms with E-state index in [1.54, 1.807) is 24.3 Å². The van der Waals surface area contributed by atoms with E-state index in [-0.39, 0.29) is 18.9 Å². The van der Waals surface area contributed by atoms with E-state index in [2.05, 4.69) is 0 Å². The van der Waals surface area contributed by atoms with Gasteiger partial charge in [-0.25, -0.2) is 14.0 Å². The van der Waals surface area contributed by atoms with Gasteiger partial charge in [0.1, 0.15) is 12.4 Å². The third-order valence-electron chi connectivity index (χ3n) is 4.54. The van der Waals surface area contributed by atoms with Crippen LogP contribution in [0.15, 0.2) is 42.5 Å². The summed E-state index contributed by atoms with van der Waals surface area (Å²) < 4.78 is 31.5. The van der Waals surface area contributed by atoms with Gasteiger partial charge in [0.15, 0.2) is 0 Å². The van der Waals surface area contributed by atoms with Gasteiger partial charge in [-0.05, 0) is 23.8 Å². The highest BCUT2D eigenvalue weighted by Gasteiger charge is 2.37. The van der Waals surface area contributed by atoms with Crippen molar-refractivity contribution in [2.75, 3.05) is 24.7 Å². The highest BCUT2D eigenvalue weighted by molar-refractivity contribution is 5.94. The molecule has 3 rings (SSSR count). The number of nitrogens with zero attached hydrogens (tertiary/aromatic N) is 1. The molecule has 1 aliphatic heterocycles. The third kappa shape index (κ3) is 4.45. The summed E-state index contributed by atoms with van der Waals surface area (Å²) in [6.07, 6.45) is -1.55. The number of ether oxygens (including phenoxy) is 1. The van der Waals surface area contributed by atoms with Gasteiger partial charge < -0.3 is 15.2 Å². The second-order valence-corrected chi connectivity index (χ2v) is 6.51. The number of cyclic esters (lactones) is 1. The molecule has 1 atom stereocenters. The van der Waals surface area contributed by atoms with Crippen LogP contribution in [0.25, 0.3) is 11.1 Å². The van der Waals surface area contributed by atoms with Crippen molar-refractivity contribution in [3.8, 4) is 11.1 Å². The summed E-state index contributed by atoms with van der Waals surface area (Å²) in [6, 6.07) is 11.7. The number of alkyl halides is 1. The van der Waals surface area contributed by atoms with E-state index < -0.39 is 24.0 Å². The van der Waals surface area contributed by atoms with Crippen molar-refractivity contribution in [2.45, 2.75) is 19.1 Å². The molecule has 0 bridgehead atoms. The first-order valence-corrected chi connectivity index (χ1v) is 8.97. The van der Waals surface area contributed by atoms with E-state index >= 15 is 0 Å². The molecule has 2 aromatic rings. The van der Waals surface area contributed by atoms with Gasteiger partial charge in [-0.1, -0.05) is 24.3 Å². The quantitative estimate of drug-likeness (QED) is 0.677. The minimum Gasteiger partial charge on any atom is -0.478 e. The topological polar surface area (TPSA) is 83.5 Å². The molecule has 0 saturated carbocycles. The number of carboxylic acid groups (broad SMARTS) is 1. The Morgan fingerprint density at radius 2 is 2.00 bits per heavy atom. The summed E-state index contributed by atoms with van der Waals surface area (Å²) >= 11 is 0. The van der Waals surface area contributed by atoms with Crippen molar-refractivity contribution in [3.63, 3.8) is 0 Å². The molecule has 8 heteroatoms. The summed E-state index contributed by atoms with van der Waals surface area (Å²) in [5.41, 5.74) is 2.36. The molecule has 1 amide bonds. The highest BCUT2D eigenvalue weighted by atomic mass is 19.1. The molecule has 2 aromatic carbocycles. The minimum absolute atomic E-state index is 0.166. The van der Waals surface area contributed by atoms with Crippen molar-refractivity contribution in [1.82, 2.24) is 0 Å². The normalized spacial score (nSPS) is 16.3.